The lowest BCUT2D eigenvalue weighted by Gasteiger charge is -2.37. The summed E-state index contributed by atoms with van der Waals surface area (Å²) in [6.07, 6.45) is -0.108. The van der Waals surface area contributed by atoms with E-state index in [2.05, 4.69) is 10.1 Å². The van der Waals surface area contributed by atoms with E-state index in [1.807, 2.05) is 20.8 Å². The number of piperidine rings is 1. The number of ether oxygens (including phenoxy) is 3. The van der Waals surface area contributed by atoms with Crippen molar-refractivity contribution in [3.05, 3.63) is 34.6 Å². The van der Waals surface area contributed by atoms with Crippen LogP contribution < -0.4 is 5.32 Å². The molecule has 1 heterocycles. The maximum atomic E-state index is 14.6. The van der Waals surface area contributed by atoms with Gasteiger partial charge in [-0.25, -0.2) is 14.0 Å². The second-order valence-electron chi connectivity index (χ2n) is 8.20. The van der Waals surface area contributed by atoms with Crippen LogP contribution in [0.1, 0.15) is 45.3 Å². The molecule has 2 amide bonds. The lowest BCUT2D eigenvalue weighted by atomic mass is 9.88. The highest BCUT2D eigenvalue weighted by Gasteiger charge is 2.34. The summed E-state index contributed by atoms with van der Waals surface area (Å²) in [5.41, 5.74) is -0.268. The van der Waals surface area contributed by atoms with Crippen molar-refractivity contribution < 1.29 is 28.2 Å². The van der Waals surface area contributed by atoms with E-state index in [-0.39, 0.29) is 19.1 Å². The average molecular weight is 445 g/mol. The number of halogens is 2. The van der Waals surface area contributed by atoms with E-state index in [1.54, 1.807) is 11.0 Å². The molecule has 0 saturated carbocycles. The van der Waals surface area contributed by atoms with Crippen molar-refractivity contribution in [2.75, 3.05) is 33.4 Å². The second-order valence-corrected chi connectivity index (χ2v) is 8.64. The van der Waals surface area contributed by atoms with Crippen LogP contribution in [-0.4, -0.2) is 56.0 Å². The fraction of sp³-hybridized carbons (Fsp3) is 0.619. The van der Waals surface area contributed by atoms with Crippen molar-refractivity contribution in [1.29, 1.82) is 0 Å². The SMILES string of the molecule is COC(=O)NCCOC(c1cc(Cl)ccc1F)C1CCCN(C(=O)OC(C)(C)C)C1. The zero-order valence-corrected chi connectivity index (χ0v) is 18.6. The van der Waals surface area contributed by atoms with Gasteiger partial charge in [-0.05, 0) is 51.8 Å². The first-order chi connectivity index (χ1) is 14.1. The number of rotatable bonds is 6. The first-order valence-corrected chi connectivity index (χ1v) is 10.3. The summed E-state index contributed by atoms with van der Waals surface area (Å²) < 4.78 is 30.6. The van der Waals surface area contributed by atoms with E-state index in [9.17, 15) is 14.0 Å². The Bertz CT molecular complexity index is 741. The molecule has 1 aliphatic heterocycles. The number of hydrogen-bond acceptors (Lipinski definition) is 5. The van der Waals surface area contributed by atoms with Crippen molar-refractivity contribution in [1.82, 2.24) is 10.2 Å². The Morgan fingerprint density at radius 1 is 1.37 bits per heavy atom. The van der Waals surface area contributed by atoms with Gasteiger partial charge in [0.25, 0.3) is 0 Å². The van der Waals surface area contributed by atoms with Crippen LogP contribution in [-0.2, 0) is 14.2 Å². The van der Waals surface area contributed by atoms with Gasteiger partial charge in [0.1, 0.15) is 11.4 Å². The molecular weight excluding hydrogens is 415 g/mol. The third-order valence-corrected chi connectivity index (χ3v) is 4.89. The number of benzene rings is 1. The maximum Gasteiger partial charge on any atom is 0.410 e. The molecule has 9 heteroatoms. The maximum absolute atomic E-state index is 14.6. The van der Waals surface area contributed by atoms with E-state index >= 15 is 0 Å². The number of hydrogen-bond donors (Lipinski definition) is 1. The molecule has 0 radical (unpaired) electrons. The number of nitrogens with zero attached hydrogens (tertiary/aromatic N) is 1. The average Bonchev–Trinajstić information content (AvgIpc) is 2.68. The predicted octanol–water partition coefficient (Wildman–Crippen LogP) is 4.54. The minimum Gasteiger partial charge on any atom is -0.453 e. The molecule has 1 N–H and O–H groups in total. The third kappa shape index (κ3) is 7.32. The molecule has 0 aliphatic carbocycles. The molecule has 1 aromatic rings. The van der Waals surface area contributed by atoms with Crippen molar-refractivity contribution in [2.24, 2.45) is 5.92 Å². The van der Waals surface area contributed by atoms with Crippen LogP contribution in [0.2, 0.25) is 5.02 Å². The number of nitrogens with one attached hydrogen (secondary N) is 1. The fourth-order valence-corrected chi connectivity index (χ4v) is 3.55. The lowest BCUT2D eigenvalue weighted by Crippen LogP contribution is -2.44. The van der Waals surface area contributed by atoms with Crippen LogP contribution in [0.25, 0.3) is 0 Å². The summed E-state index contributed by atoms with van der Waals surface area (Å²) in [4.78, 5) is 25.4. The van der Waals surface area contributed by atoms with Crippen molar-refractivity contribution in [3.8, 4) is 0 Å². The summed E-state index contributed by atoms with van der Waals surface area (Å²) in [5.74, 6) is -0.586. The Kier molecular flexibility index (Phi) is 8.73. The fourth-order valence-electron chi connectivity index (χ4n) is 3.37. The quantitative estimate of drug-likeness (QED) is 0.652. The van der Waals surface area contributed by atoms with Gasteiger partial charge in [0.05, 0.1) is 19.8 Å². The molecule has 2 rings (SSSR count). The standard InChI is InChI=1S/C21H30ClFN2O5/c1-21(2,3)30-20(27)25-10-5-6-14(13-25)18(29-11-9-24-19(26)28-4)16-12-15(22)7-8-17(16)23/h7-8,12,14,18H,5-6,9-11,13H2,1-4H3,(H,24,26). The highest BCUT2D eigenvalue weighted by Crippen LogP contribution is 2.35. The zero-order chi connectivity index (χ0) is 22.3. The Balaban J connectivity index is 2.15. The number of carbonyl (C=O) groups is 2. The Hall–Kier alpha value is -2.06. The van der Waals surface area contributed by atoms with E-state index in [4.69, 9.17) is 21.1 Å². The number of carbonyl (C=O) groups excluding carboxylic acids is 2. The first-order valence-electron chi connectivity index (χ1n) is 9.97. The largest absolute Gasteiger partial charge is 0.453 e. The molecule has 2 unspecified atom stereocenters. The summed E-state index contributed by atoms with van der Waals surface area (Å²) in [6, 6.07) is 4.32. The smallest absolute Gasteiger partial charge is 0.410 e. The van der Waals surface area contributed by atoms with Gasteiger partial charge in [-0.3, -0.25) is 0 Å². The number of likely N-dealkylation sites (tertiary alicyclic amines) is 1. The van der Waals surface area contributed by atoms with Crippen LogP contribution in [0.5, 0.6) is 0 Å². The topological polar surface area (TPSA) is 77.1 Å². The number of methoxy groups -OCH3 is 1. The van der Waals surface area contributed by atoms with Gasteiger partial charge < -0.3 is 24.4 Å². The molecule has 0 bridgehead atoms. The normalized spacial score (nSPS) is 17.9. The minimum absolute atomic E-state index is 0.147. The van der Waals surface area contributed by atoms with Gasteiger partial charge in [-0.15, -0.1) is 0 Å². The second kappa shape index (κ2) is 10.8. The van der Waals surface area contributed by atoms with E-state index < -0.39 is 29.7 Å². The zero-order valence-electron chi connectivity index (χ0n) is 17.9. The van der Waals surface area contributed by atoms with Gasteiger partial charge >= 0.3 is 12.2 Å². The van der Waals surface area contributed by atoms with Gasteiger partial charge in [0.15, 0.2) is 0 Å². The van der Waals surface area contributed by atoms with Crippen molar-refractivity contribution in [2.45, 2.75) is 45.3 Å². The van der Waals surface area contributed by atoms with E-state index in [0.717, 1.165) is 12.8 Å². The monoisotopic (exact) mass is 444 g/mol. The van der Waals surface area contributed by atoms with Crippen LogP contribution in [0.15, 0.2) is 18.2 Å². The highest BCUT2D eigenvalue weighted by molar-refractivity contribution is 6.30. The number of alkyl carbamates (subject to hydrolysis) is 1. The molecule has 1 aromatic carbocycles. The Morgan fingerprint density at radius 3 is 2.77 bits per heavy atom. The van der Waals surface area contributed by atoms with E-state index in [0.29, 0.717) is 23.7 Å². The molecule has 7 nitrogen and oxygen atoms in total. The molecule has 1 aliphatic rings. The summed E-state index contributed by atoms with van der Waals surface area (Å²) >= 11 is 6.09. The van der Waals surface area contributed by atoms with Crippen LogP contribution in [0.3, 0.4) is 0 Å². The summed E-state index contributed by atoms with van der Waals surface area (Å²) in [6.45, 7) is 6.73. The molecule has 1 fully saturated rings. The van der Waals surface area contributed by atoms with Crippen molar-refractivity contribution in [3.63, 3.8) is 0 Å². The molecule has 30 heavy (non-hydrogen) atoms. The van der Waals surface area contributed by atoms with Gasteiger partial charge in [0.2, 0.25) is 0 Å². The first kappa shape index (κ1) is 24.2. The summed E-state index contributed by atoms with van der Waals surface area (Å²) in [5, 5.41) is 2.93. The highest BCUT2D eigenvalue weighted by atomic mass is 35.5. The van der Waals surface area contributed by atoms with Crippen molar-refractivity contribution >= 4 is 23.8 Å². The molecule has 1 saturated heterocycles. The van der Waals surface area contributed by atoms with Gasteiger partial charge in [-0.1, -0.05) is 11.6 Å². The minimum atomic E-state index is -0.631. The molecule has 0 spiro atoms. The molecular formula is C21H30ClFN2O5. The predicted molar refractivity (Wildman–Crippen MR) is 111 cm³/mol. The van der Waals surface area contributed by atoms with E-state index in [1.165, 1.54) is 19.2 Å². The lowest BCUT2D eigenvalue weighted by molar-refractivity contribution is -0.0258. The summed E-state index contributed by atoms with van der Waals surface area (Å²) in [7, 11) is 1.27. The molecule has 168 valence electrons. The third-order valence-electron chi connectivity index (χ3n) is 4.66. The van der Waals surface area contributed by atoms with Crippen LogP contribution >= 0.6 is 11.6 Å². The van der Waals surface area contributed by atoms with Crippen LogP contribution in [0, 0.1) is 11.7 Å². The Labute approximate surface area is 181 Å². The van der Waals surface area contributed by atoms with Gasteiger partial charge in [0, 0.05) is 36.1 Å². The molecule has 0 aromatic heterocycles. The van der Waals surface area contributed by atoms with Gasteiger partial charge in [-0.2, -0.15) is 0 Å². The molecule has 2 atom stereocenters. The Morgan fingerprint density at radius 2 is 2.10 bits per heavy atom. The number of amides is 2. The van der Waals surface area contributed by atoms with Crippen LogP contribution in [0.4, 0.5) is 14.0 Å².